The second kappa shape index (κ2) is 8.37. The van der Waals surface area contributed by atoms with Gasteiger partial charge in [-0.1, -0.05) is 35.8 Å². The summed E-state index contributed by atoms with van der Waals surface area (Å²) in [7, 11) is 1.63. The van der Waals surface area contributed by atoms with Crippen LogP contribution in [0.2, 0.25) is 0 Å². The van der Waals surface area contributed by atoms with Crippen molar-refractivity contribution in [1.82, 2.24) is 0 Å². The molecule has 166 valence electrons. The van der Waals surface area contributed by atoms with Crippen molar-refractivity contribution in [3.8, 4) is 0 Å². The second-order valence-electron chi connectivity index (χ2n) is 10.5. The first-order chi connectivity index (χ1) is 14.2. The fraction of sp³-hybridized carbons (Fsp3) is 0.731. The van der Waals surface area contributed by atoms with Gasteiger partial charge in [-0.05, 0) is 82.1 Å². The molecule has 8 atom stereocenters. The Balaban J connectivity index is 1.63. The molecule has 2 fully saturated rings. The number of ketones is 1. The van der Waals surface area contributed by atoms with Gasteiger partial charge in [-0.3, -0.25) is 4.79 Å². The minimum absolute atomic E-state index is 0.0531. The fourth-order valence-corrected chi connectivity index (χ4v) is 6.95. The van der Waals surface area contributed by atoms with Gasteiger partial charge in [0, 0.05) is 18.9 Å². The van der Waals surface area contributed by atoms with Crippen molar-refractivity contribution >= 4 is 5.78 Å². The van der Waals surface area contributed by atoms with Gasteiger partial charge < -0.3 is 14.9 Å². The Morgan fingerprint density at radius 1 is 1.33 bits per heavy atom. The van der Waals surface area contributed by atoms with Crippen LogP contribution in [0.5, 0.6) is 0 Å². The molecule has 2 bridgehead atoms. The van der Waals surface area contributed by atoms with Crippen LogP contribution in [-0.4, -0.2) is 41.4 Å². The molecule has 0 amide bonds. The van der Waals surface area contributed by atoms with Gasteiger partial charge in [-0.2, -0.15) is 0 Å². The Bertz CT molecular complexity index is 778. The molecule has 1 unspecified atom stereocenters. The lowest BCUT2D eigenvalue weighted by Crippen LogP contribution is -2.38. The third-order valence-electron chi connectivity index (χ3n) is 8.80. The van der Waals surface area contributed by atoms with E-state index >= 15 is 0 Å². The number of allylic oxidation sites excluding steroid dienone is 4. The molecule has 0 spiro atoms. The Hall–Kier alpha value is -1.23. The molecule has 0 saturated heterocycles. The summed E-state index contributed by atoms with van der Waals surface area (Å²) in [6.45, 7) is 6.46. The van der Waals surface area contributed by atoms with Gasteiger partial charge in [0.05, 0.1) is 18.3 Å². The third-order valence-corrected chi connectivity index (χ3v) is 8.80. The third kappa shape index (κ3) is 3.76. The summed E-state index contributed by atoms with van der Waals surface area (Å²) in [5, 5.41) is 20.7. The van der Waals surface area contributed by atoms with Crippen molar-refractivity contribution in [1.29, 1.82) is 0 Å². The summed E-state index contributed by atoms with van der Waals surface area (Å²) in [6, 6.07) is 0. The molecule has 4 nitrogen and oxygen atoms in total. The van der Waals surface area contributed by atoms with Crippen LogP contribution in [0.1, 0.15) is 65.7 Å². The Morgan fingerprint density at radius 2 is 2.10 bits per heavy atom. The number of hydrogen-bond donors (Lipinski definition) is 2. The lowest BCUT2D eigenvalue weighted by molar-refractivity contribution is -0.119. The number of rotatable bonds is 4. The summed E-state index contributed by atoms with van der Waals surface area (Å²) in [5.41, 5.74) is 4.15. The average Bonchev–Trinajstić information content (AvgIpc) is 2.86. The molecule has 2 N–H and O–H groups in total. The highest BCUT2D eigenvalue weighted by atomic mass is 16.5. The molecule has 0 aromatic heterocycles. The maximum Gasteiger partial charge on any atom is 0.159 e. The molecule has 0 radical (unpaired) electrons. The quantitative estimate of drug-likeness (QED) is 0.671. The maximum absolute atomic E-state index is 13.1. The van der Waals surface area contributed by atoms with Crippen molar-refractivity contribution in [2.24, 2.45) is 29.1 Å². The van der Waals surface area contributed by atoms with Crippen LogP contribution >= 0.6 is 0 Å². The van der Waals surface area contributed by atoms with Crippen molar-refractivity contribution < 1.29 is 19.7 Å². The number of aliphatic hydroxyl groups excluding tert-OH is 2. The van der Waals surface area contributed by atoms with Crippen LogP contribution in [0.4, 0.5) is 0 Å². The molecule has 4 rings (SSSR count). The van der Waals surface area contributed by atoms with Crippen molar-refractivity contribution in [3.05, 3.63) is 34.9 Å². The topological polar surface area (TPSA) is 66.8 Å². The smallest absolute Gasteiger partial charge is 0.159 e. The molecule has 0 aliphatic heterocycles. The summed E-state index contributed by atoms with van der Waals surface area (Å²) < 4.78 is 5.30. The molecular formula is C26H38O4. The average molecular weight is 415 g/mol. The highest BCUT2D eigenvalue weighted by molar-refractivity contribution is 5.93. The molecule has 0 aromatic carbocycles. The van der Waals surface area contributed by atoms with E-state index in [-0.39, 0.29) is 29.3 Å². The van der Waals surface area contributed by atoms with Crippen LogP contribution in [0.3, 0.4) is 0 Å². The van der Waals surface area contributed by atoms with Crippen molar-refractivity contribution in [3.63, 3.8) is 0 Å². The van der Waals surface area contributed by atoms with Crippen LogP contribution in [0.25, 0.3) is 0 Å². The Morgan fingerprint density at radius 3 is 2.83 bits per heavy atom. The van der Waals surface area contributed by atoms with E-state index in [4.69, 9.17) is 4.74 Å². The summed E-state index contributed by atoms with van der Waals surface area (Å²) in [4.78, 5) is 13.1. The van der Waals surface area contributed by atoms with E-state index in [1.165, 1.54) is 16.7 Å². The van der Waals surface area contributed by atoms with Gasteiger partial charge in [-0.25, -0.2) is 0 Å². The Kier molecular flexibility index (Phi) is 6.13. The largest absolute Gasteiger partial charge is 0.393 e. The first-order valence-corrected chi connectivity index (χ1v) is 11.8. The van der Waals surface area contributed by atoms with Crippen molar-refractivity contribution in [2.45, 2.75) is 84.0 Å². The fourth-order valence-electron chi connectivity index (χ4n) is 6.95. The normalized spacial score (nSPS) is 41.1. The monoisotopic (exact) mass is 414 g/mol. The van der Waals surface area contributed by atoms with Gasteiger partial charge in [-0.15, -0.1) is 0 Å². The second-order valence-corrected chi connectivity index (χ2v) is 10.5. The van der Waals surface area contributed by atoms with Gasteiger partial charge in [0.15, 0.2) is 5.78 Å². The van der Waals surface area contributed by atoms with Crippen LogP contribution in [0.15, 0.2) is 34.9 Å². The molecule has 30 heavy (non-hydrogen) atoms. The maximum atomic E-state index is 13.1. The van der Waals surface area contributed by atoms with E-state index in [0.717, 1.165) is 32.1 Å². The van der Waals surface area contributed by atoms with E-state index in [2.05, 4.69) is 19.9 Å². The van der Waals surface area contributed by atoms with Crippen LogP contribution < -0.4 is 0 Å². The summed E-state index contributed by atoms with van der Waals surface area (Å²) in [6.07, 6.45) is 11.6. The minimum Gasteiger partial charge on any atom is -0.393 e. The first-order valence-electron chi connectivity index (χ1n) is 11.8. The first kappa shape index (κ1) is 22.0. The molecule has 4 heteroatoms. The van der Waals surface area contributed by atoms with E-state index < -0.39 is 6.10 Å². The Labute approximate surface area is 181 Å². The van der Waals surface area contributed by atoms with E-state index in [0.29, 0.717) is 30.6 Å². The van der Waals surface area contributed by atoms with Gasteiger partial charge in [0.2, 0.25) is 0 Å². The number of methoxy groups -OCH3 is 1. The molecule has 0 heterocycles. The number of fused-ring (bicyclic) bond motifs is 6. The van der Waals surface area contributed by atoms with Crippen molar-refractivity contribution in [2.75, 3.05) is 7.11 Å². The van der Waals surface area contributed by atoms with Gasteiger partial charge >= 0.3 is 0 Å². The van der Waals surface area contributed by atoms with Gasteiger partial charge in [0.25, 0.3) is 0 Å². The molecule has 4 aliphatic carbocycles. The summed E-state index contributed by atoms with van der Waals surface area (Å²) >= 11 is 0. The van der Waals surface area contributed by atoms with Gasteiger partial charge in [0.1, 0.15) is 0 Å². The van der Waals surface area contributed by atoms with E-state index in [9.17, 15) is 15.0 Å². The number of hydrogen-bond acceptors (Lipinski definition) is 4. The predicted molar refractivity (Wildman–Crippen MR) is 118 cm³/mol. The minimum atomic E-state index is -0.591. The number of aliphatic hydroxyl groups is 2. The number of ether oxygens (including phenoxy) is 1. The zero-order valence-electron chi connectivity index (χ0n) is 18.9. The molecule has 4 aliphatic rings. The van der Waals surface area contributed by atoms with E-state index in [1.807, 2.05) is 19.1 Å². The lowest BCUT2D eigenvalue weighted by Gasteiger charge is -2.46. The predicted octanol–water partition coefficient (Wildman–Crippen LogP) is 4.37. The van der Waals surface area contributed by atoms with Crippen LogP contribution in [-0.2, 0) is 9.53 Å². The summed E-state index contributed by atoms with van der Waals surface area (Å²) in [5.74, 6) is 1.41. The molecule has 2 saturated carbocycles. The zero-order chi connectivity index (χ0) is 21.6. The highest BCUT2D eigenvalue weighted by Crippen LogP contribution is 2.62. The van der Waals surface area contributed by atoms with Crippen LogP contribution in [0, 0.1) is 29.1 Å². The molecule has 0 aromatic rings. The number of carbonyl (C=O) groups is 1. The number of carbonyl (C=O) groups excluding carboxylic acids is 1. The SMILES string of the molecule is COC(C)[C@@H](O)/C=C(/C)[C@H]1CC[C@H]2C3=CC(=O)[C@H]4CC(=CC[C@H](O)C4)[C@H]3CC[C@]12C. The molecular weight excluding hydrogens is 376 g/mol. The standard InChI is InChI=1S/C26H38O4/c1-15(11-24(28)16(2)30-4)22-7-8-23-21-14-25(29)18-12-17(5-6-19(27)13-18)20(21)9-10-26(22,23)3/h5,11,14,16,18-20,22-24,27-28H,6-10,12-13H2,1-4H3/b15-11-/t16?,18-,19-,20+,22+,23-,24-,26+/m0/s1. The highest BCUT2D eigenvalue weighted by Gasteiger charge is 2.53. The zero-order valence-corrected chi connectivity index (χ0v) is 18.9. The van der Waals surface area contributed by atoms with E-state index in [1.54, 1.807) is 7.11 Å². The lowest BCUT2D eigenvalue weighted by atomic mass is 9.58.